The van der Waals surface area contributed by atoms with Crippen LogP contribution >= 0.6 is 34.2 Å². The summed E-state index contributed by atoms with van der Waals surface area (Å²) in [5.41, 5.74) is 0.368. The van der Waals surface area contributed by atoms with Crippen molar-refractivity contribution in [1.82, 2.24) is 0 Å². The zero-order chi connectivity index (χ0) is 20.6. The van der Waals surface area contributed by atoms with Crippen molar-refractivity contribution >= 4 is 51.6 Å². The summed E-state index contributed by atoms with van der Waals surface area (Å²) in [6.45, 7) is 0.300. The Kier molecular flexibility index (Phi) is 5.46. The summed E-state index contributed by atoms with van der Waals surface area (Å²) in [4.78, 5) is 27.7. The molecule has 4 rings (SSSR count). The standard InChI is InChI=1S/C23H17ClINO3/c24-17-8-11-20-19(12-17)23(29,13-21(27)16-6-9-18(25)10-7-16)22(28)26(20)14-15-4-2-1-3-5-15/h1-12,29H,13-14H2. The lowest BCUT2D eigenvalue weighted by Crippen LogP contribution is -2.41. The van der Waals surface area contributed by atoms with E-state index in [0.29, 0.717) is 28.4 Å². The number of benzene rings is 3. The van der Waals surface area contributed by atoms with Gasteiger partial charge in [0.1, 0.15) is 0 Å². The molecule has 0 saturated heterocycles. The van der Waals surface area contributed by atoms with Crippen LogP contribution in [0.15, 0.2) is 72.8 Å². The zero-order valence-corrected chi connectivity index (χ0v) is 18.2. The van der Waals surface area contributed by atoms with Gasteiger partial charge in [-0.05, 0) is 58.5 Å². The van der Waals surface area contributed by atoms with Crippen LogP contribution in [-0.2, 0) is 16.9 Å². The number of hydrogen-bond donors (Lipinski definition) is 1. The highest BCUT2D eigenvalue weighted by Gasteiger charge is 2.51. The van der Waals surface area contributed by atoms with E-state index in [4.69, 9.17) is 11.6 Å². The third kappa shape index (κ3) is 3.82. The fraction of sp³-hybridized carbons (Fsp3) is 0.130. The Morgan fingerprint density at radius 3 is 2.41 bits per heavy atom. The summed E-state index contributed by atoms with van der Waals surface area (Å²) >= 11 is 8.31. The molecule has 1 heterocycles. The predicted octanol–water partition coefficient (Wildman–Crippen LogP) is 4.95. The first-order valence-electron chi connectivity index (χ1n) is 9.05. The van der Waals surface area contributed by atoms with Gasteiger partial charge in [-0.15, -0.1) is 0 Å². The van der Waals surface area contributed by atoms with Gasteiger partial charge in [-0.3, -0.25) is 9.59 Å². The second-order valence-corrected chi connectivity index (χ2v) is 8.69. The van der Waals surface area contributed by atoms with Crippen molar-refractivity contribution in [2.24, 2.45) is 0 Å². The molecule has 4 nitrogen and oxygen atoms in total. The van der Waals surface area contributed by atoms with Gasteiger partial charge in [-0.2, -0.15) is 0 Å². The highest BCUT2D eigenvalue weighted by atomic mass is 127. The molecule has 6 heteroatoms. The number of Topliss-reactive ketones (excluding diaryl/α,β-unsaturated/α-hetero) is 1. The molecule has 0 saturated carbocycles. The lowest BCUT2D eigenvalue weighted by atomic mass is 9.88. The number of aliphatic hydroxyl groups is 1. The summed E-state index contributed by atoms with van der Waals surface area (Å²) in [5, 5.41) is 11.8. The molecule has 146 valence electrons. The van der Waals surface area contributed by atoms with Crippen LogP contribution < -0.4 is 4.90 Å². The first-order valence-corrected chi connectivity index (χ1v) is 10.5. The highest BCUT2D eigenvalue weighted by molar-refractivity contribution is 14.1. The molecule has 1 amide bonds. The molecule has 0 radical (unpaired) electrons. The largest absolute Gasteiger partial charge is 0.375 e. The van der Waals surface area contributed by atoms with Gasteiger partial charge in [0.15, 0.2) is 11.4 Å². The topological polar surface area (TPSA) is 57.6 Å². The van der Waals surface area contributed by atoms with E-state index in [1.165, 1.54) is 4.90 Å². The van der Waals surface area contributed by atoms with Gasteiger partial charge in [0.05, 0.1) is 18.7 Å². The first-order chi connectivity index (χ1) is 13.9. The van der Waals surface area contributed by atoms with E-state index < -0.39 is 11.5 Å². The van der Waals surface area contributed by atoms with Gasteiger partial charge in [-0.1, -0.05) is 54.1 Å². The maximum atomic E-state index is 13.3. The number of fused-ring (bicyclic) bond motifs is 1. The molecule has 1 aliphatic heterocycles. The van der Waals surface area contributed by atoms with Crippen molar-refractivity contribution in [3.8, 4) is 0 Å². The van der Waals surface area contributed by atoms with Gasteiger partial charge in [0, 0.05) is 19.7 Å². The lowest BCUT2D eigenvalue weighted by Gasteiger charge is -2.23. The number of carbonyl (C=O) groups excluding carboxylic acids is 2. The molecule has 3 aromatic carbocycles. The van der Waals surface area contributed by atoms with E-state index in [0.717, 1.165) is 9.13 Å². The van der Waals surface area contributed by atoms with Crippen LogP contribution in [0.2, 0.25) is 5.02 Å². The molecule has 1 N–H and O–H groups in total. The van der Waals surface area contributed by atoms with Crippen LogP contribution in [0.3, 0.4) is 0 Å². The maximum Gasteiger partial charge on any atom is 0.264 e. The summed E-state index contributed by atoms with van der Waals surface area (Å²) in [5.74, 6) is -0.817. The van der Waals surface area contributed by atoms with Gasteiger partial charge in [-0.25, -0.2) is 0 Å². The number of rotatable bonds is 5. The maximum absolute atomic E-state index is 13.3. The summed E-state index contributed by atoms with van der Waals surface area (Å²) < 4.78 is 1.00. The average molecular weight is 518 g/mol. The minimum absolute atomic E-state index is 0.300. The fourth-order valence-corrected chi connectivity index (χ4v) is 4.12. The van der Waals surface area contributed by atoms with Gasteiger partial charge >= 0.3 is 0 Å². The Hall–Kier alpha value is -2.22. The van der Waals surface area contributed by atoms with Crippen LogP contribution in [0.25, 0.3) is 0 Å². The van der Waals surface area contributed by atoms with Crippen LogP contribution in [-0.4, -0.2) is 16.8 Å². The minimum Gasteiger partial charge on any atom is -0.375 e. The third-order valence-corrected chi connectivity index (χ3v) is 6.01. The smallest absolute Gasteiger partial charge is 0.264 e. The molecular weight excluding hydrogens is 501 g/mol. The van der Waals surface area contributed by atoms with E-state index in [1.807, 2.05) is 42.5 Å². The lowest BCUT2D eigenvalue weighted by molar-refractivity contribution is -0.136. The number of hydrogen-bond acceptors (Lipinski definition) is 3. The van der Waals surface area contributed by atoms with Crippen LogP contribution in [0.1, 0.15) is 27.9 Å². The van der Waals surface area contributed by atoms with E-state index in [1.54, 1.807) is 30.3 Å². The van der Waals surface area contributed by atoms with E-state index in [9.17, 15) is 14.7 Å². The molecule has 0 spiro atoms. The molecule has 1 aliphatic rings. The quantitative estimate of drug-likeness (QED) is 0.385. The summed E-state index contributed by atoms with van der Waals surface area (Å²) in [7, 11) is 0. The number of halogens is 2. The first kappa shape index (κ1) is 20.1. The zero-order valence-electron chi connectivity index (χ0n) is 15.3. The normalized spacial score (nSPS) is 18.0. The second-order valence-electron chi connectivity index (χ2n) is 7.01. The van der Waals surface area contributed by atoms with E-state index in [-0.39, 0.29) is 12.2 Å². The second kappa shape index (κ2) is 7.89. The molecular formula is C23H17ClINO3. The van der Waals surface area contributed by atoms with Gasteiger partial charge in [0.25, 0.3) is 5.91 Å². The van der Waals surface area contributed by atoms with Crippen LogP contribution in [0, 0.1) is 3.57 Å². The Balaban J connectivity index is 1.71. The monoisotopic (exact) mass is 517 g/mol. The SMILES string of the molecule is O=C(CC1(O)C(=O)N(Cc2ccccc2)c2ccc(Cl)cc21)c1ccc(I)cc1. The van der Waals surface area contributed by atoms with Gasteiger partial charge < -0.3 is 10.0 Å². The Labute approximate surface area is 187 Å². The highest BCUT2D eigenvalue weighted by Crippen LogP contribution is 2.44. The molecule has 0 bridgehead atoms. The Morgan fingerprint density at radius 1 is 1.03 bits per heavy atom. The van der Waals surface area contributed by atoms with Crippen LogP contribution in [0.5, 0.6) is 0 Å². The average Bonchev–Trinajstić information content (AvgIpc) is 2.91. The molecule has 29 heavy (non-hydrogen) atoms. The summed E-state index contributed by atoms with van der Waals surface area (Å²) in [6.07, 6.45) is -0.342. The molecule has 0 aromatic heterocycles. The molecule has 0 fully saturated rings. The molecule has 1 atom stereocenters. The van der Waals surface area contributed by atoms with E-state index >= 15 is 0 Å². The minimum atomic E-state index is -1.95. The predicted molar refractivity (Wildman–Crippen MR) is 121 cm³/mol. The summed E-state index contributed by atoms with van der Waals surface area (Å²) in [6, 6.07) is 21.5. The Morgan fingerprint density at radius 2 is 1.72 bits per heavy atom. The molecule has 1 unspecified atom stereocenters. The fourth-order valence-electron chi connectivity index (χ4n) is 3.59. The van der Waals surface area contributed by atoms with Crippen molar-refractivity contribution in [3.05, 3.63) is 98.1 Å². The third-order valence-electron chi connectivity index (χ3n) is 5.06. The van der Waals surface area contributed by atoms with Crippen molar-refractivity contribution in [3.63, 3.8) is 0 Å². The number of carbonyl (C=O) groups is 2. The van der Waals surface area contributed by atoms with Gasteiger partial charge in [0.2, 0.25) is 0 Å². The number of anilines is 1. The van der Waals surface area contributed by atoms with Crippen molar-refractivity contribution in [2.45, 2.75) is 18.6 Å². The van der Waals surface area contributed by atoms with Crippen molar-refractivity contribution in [1.29, 1.82) is 0 Å². The van der Waals surface area contributed by atoms with Crippen molar-refractivity contribution < 1.29 is 14.7 Å². The van der Waals surface area contributed by atoms with Crippen molar-refractivity contribution in [2.75, 3.05) is 4.90 Å². The molecule has 3 aromatic rings. The number of ketones is 1. The number of amides is 1. The number of nitrogens with zero attached hydrogens (tertiary/aromatic N) is 1. The van der Waals surface area contributed by atoms with Crippen LogP contribution in [0.4, 0.5) is 5.69 Å². The molecule has 0 aliphatic carbocycles. The Bertz CT molecular complexity index is 1090. The van der Waals surface area contributed by atoms with E-state index in [2.05, 4.69) is 22.6 Å².